The molecule has 0 aliphatic carbocycles. The number of carboxylic acids is 1. The molecule has 0 bridgehead atoms. The fourth-order valence-electron chi connectivity index (χ4n) is 1.90. The van der Waals surface area contributed by atoms with Crippen LogP contribution in [0.4, 0.5) is 0 Å². The zero-order valence-electron chi connectivity index (χ0n) is 11.7. The zero-order valence-corrected chi connectivity index (χ0v) is 11.7. The van der Waals surface area contributed by atoms with Crippen molar-refractivity contribution in [3.05, 3.63) is 23.3 Å². The molecule has 0 saturated carbocycles. The molecule has 5 nitrogen and oxygen atoms in total. The van der Waals surface area contributed by atoms with Gasteiger partial charge in [0.25, 0.3) is 0 Å². The highest BCUT2D eigenvalue weighted by Gasteiger charge is 2.24. The van der Waals surface area contributed by atoms with Gasteiger partial charge in [0.05, 0.1) is 13.5 Å². The van der Waals surface area contributed by atoms with Gasteiger partial charge in [-0.2, -0.15) is 0 Å². The summed E-state index contributed by atoms with van der Waals surface area (Å²) in [6.07, 6.45) is -0.246. The second-order valence-electron chi connectivity index (χ2n) is 5.57. The lowest BCUT2D eigenvalue weighted by Crippen LogP contribution is -2.18. The topological polar surface area (TPSA) is 92.8 Å². The normalized spacial score (nSPS) is 13.1. The van der Waals surface area contributed by atoms with Crippen molar-refractivity contribution in [2.24, 2.45) is 5.73 Å². The number of hydrogen-bond acceptors (Lipinski definition) is 4. The summed E-state index contributed by atoms with van der Waals surface area (Å²) < 4.78 is 5.19. The van der Waals surface area contributed by atoms with Gasteiger partial charge in [0, 0.05) is 17.2 Å². The Kier molecular flexibility index (Phi) is 4.42. The molecule has 0 aliphatic rings. The molecule has 0 radical (unpaired) electrons. The molecule has 0 fully saturated rings. The lowest BCUT2D eigenvalue weighted by molar-refractivity contribution is -0.137. The molecule has 1 unspecified atom stereocenters. The number of aliphatic carboxylic acids is 1. The van der Waals surface area contributed by atoms with Gasteiger partial charge in [-0.1, -0.05) is 20.8 Å². The maximum absolute atomic E-state index is 10.7. The van der Waals surface area contributed by atoms with Gasteiger partial charge in [0.2, 0.25) is 0 Å². The van der Waals surface area contributed by atoms with Crippen molar-refractivity contribution >= 4 is 5.97 Å². The monoisotopic (exact) mass is 267 g/mol. The fraction of sp³-hybridized carbons (Fsp3) is 0.500. The summed E-state index contributed by atoms with van der Waals surface area (Å²) in [7, 11) is 1.52. The largest absolute Gasteiger partial charge is 0.507 e. The van der Waals surface area contributed by atoms with Crippen LogP contribution in [0.25, 0.3) is 0 Å². The van der Waals surface area contributed by atoms with Gasteiger partial charge in [-0.05, 0) is 17.5 Å². The molecular weight excluding hydrogens is 246 g/mol. The van der Waals surface area contributed by atoms with Crippen molar-refractivity contribution in [1.82, 2.24) is 0 Å². The van der Waals surface area contributed by atoms with E-state index in [4.69, 9.17) is 15.6 Å². The number of carboxylic acid groups (broad SMARTS) is 1. The van der Waals surface area contributed by atoms with E-state index >= 15 is 0 Å². The van der Waals surface area contributed by atoms with E-state index in [1.807, 2.05) is 20.8 Å². The number of nitrogens with two attached hydrogens (primary N) is 1. The van der Waals surface area contributed by atoms with Crippen LogP contribution >= 0.6 is 0 Å². The lowest BCUT2D eigenvalue weighted by Gasteiger charge is -2.24. The van der Waals surface area contributed by atoms with Gasteiger partial charge in [0.1, 0.15) is 11.5 Å². The first kappa shape index (κ1) is 15.3. The first-order valence-electron chi connectivity index (χ1n) is 6.05. The van der Waals surface area contributed by atoms with Gasteiger partial charge in [-0.3, -0.25) is 4.79 Å². The van der Waals surface area contributed by atoms with Crippen LogP contribution in [0, 0.1) is 0 Å². The third kappa shape index (κ3) is 3.61. The molecule has 0 amide bonds. The highest BCUT2D eigenvalue weighted by molar-refractivity contribution is 5.68. The first-order chi connectivity index (χ1) is 8.66. The molecule has 0 heterocycles. The molecule has 19 heavy (non-hydrogen) atoms. The number of phenols is 1. The van der Waals surface area contributed by atoms with E-state index in [0.29, 0.717) is 16.9 Å². The highest BCUT2D eigenvalue weighted by Crippen LogP contribution is 2.39. The Balaban J connectivity index is 3.35. The predicted octanol–water partition coefficient (Wildman–Crippen LogP) is 2.17. The van der Waals surface area contributed by atoms with Crippen LogP contribution in [-0.4, -0.2) is 23.3 Å². The van der Waals surface area contributed by atoms with Crippen molar-refractivity contribution < 1.29 is 19.7 Å². The van der Waals surface area contributed by atoms with E-state index in [1.54, 1.807) is 12.1 Å². The van der Waals surface area contributed by atoms with Crippen molar-refractivity contribution in [2.75, 3.05) is 7.11 Å². The van der Waals surface area contributed by atoms with Gasteiger partial charge in [-0.25, -0.2) is 0 Å². The number of benzene rings is 1. The van der Waals surface area contributed by atoms with Crippen molar-refractivity contribution in [3.63, 3.8) is 0 Å². The van der Waals surface area contributed by atoms with Crippen molar-refractivity contribution in [3.8, 4) is 11.5 Å². The predicted molar refractivity (Wildman–Crippen MR) is 72.5 cm³/mol. The standard InChI is InChI=1S/C14H21NO4/c1-14(2,3)10-6-8(19-4)5-9(13(10)18)11(15)7-12(16)17/h5-6,11,18H,7,15H2,1-4H3,(H,16,17). The Bertz CT molecular complexity index is 477. The van der Waals surface area contributed by atoms with Gasteiger partial charge >= 0.3 is 5.97 Å². The van der Waals surface area contributed by atoms with E-state index in [1.165, 1.54) is 7.11 Å². The smallest absolute Gasteiger partial charge is 0.305 e. The zero-order chi connectivity index (χ0) is 14.8. The van der Waals surface area contributed by atoms with E-state index in [9.17, 15) is 9.90 Å². The number of carbonyl (C=O) groups is 1. The number of methoxy groups -OCH3 is 1. The SMILES string of the molecule is COc1cc(C(N)CC(=O)O)c(O)c(C(C)(C)C)c1. The lowest BCUT2D eigenvalue weighted by atomic mass is 9.84. The Hall–Kier alpha value is -1.75. The summed E-state index contributed by atoms with van der Waals surface area (Å²) in [5, 5.41) is 19.1. The third-order valence-electron chi connectivity index (χ3n) is 2.95. The minimum absolute atomic E-state index is 0.0436. The average Bonchev–Trinajstić information content (AvgIpc) is 2.26. The van der Waals surface area contributed by atoms with Crippen molar-refractivity contribution in [2.45, 2.75) is 38.6 Å². The fourth-order valence-corrected chi connectivity index (χ4v) is 1.90. The summed E-state index contributed by atoms with van der Waals surface area (Å²) in [4.78, 5) is 10.7. The molecular formula is C14H21NO4. The van der Waals surface area contributed by atoms with Crippen LogP contribution in [0.3, 0.4) is 0 Å². The molecule has 1 aromatic carbocycles. The van der Waals surface area contributed by atoms with E-state index < -0.39 is 12.0 Å². The second kappa shape index (κ2) is 5.48. The molecule has 1 rings (SSSR count). The molecule has 5 heteroatoms. The minimum atomic E-state index is -1.01. The summed E-state index contributed by atoms with van der Waals surface area (Å²) in [5.74, 6) is -0.410. The van der Waals surface area contributed by atoms with E-state index in [2.05, 4.69) is 0 Å². The summed E-state index contributed by atoms with van der Waals surface area (Å²) in [5.41, 5.74) is 6.62. The molecule has 1 atom stereocenters. The van der Waals surface area contributed by atoms with Crippen LogP contribution in [0.15, 0.2) is 12.1 Å². The quantitative estimate of drug-likeness (QED) is 0.777. The number of rotatable bonds is 4. The molecule has 0 saturated heterocycles. The van der Waals surface area contributed by atoms with Crippen LogP contribution in [0.1, 0.15) is 44.4 Å². The Labute approximate surface area is 113 Å². The summed E-state index contributed by atoms with van der Waals surface area (Å²) in [6.45, 7) is 5.86. The maximum atomic E-state index is 10.7. The Morgan fingerprint density at radius 2 is 2.00 bits per heavy atom. The molecule has 0 aromatic heterocycles. The third-order valence-corrected chi connectivity index (χ3v) is 2.95. The summed E-state index contributed by atoms with van der Waals surface area (Å²) in [6, 6.07) is 2.55. The second-order valence-corrected chi connectivity index (χ2v) is 5.57. The number of phenolic OH excluding ortho intramolecular Hbond substituents is 1. The first-order valence-corrected chi connectivity index (χ1v) is 6.05. The van der Waals surface area contributed by atoms with E-state index in [0.717, 1.165) is 0 Å². The minimum Gasteiger partial charge on any atom is -0.507 e. The van der Waals surface area contributed by atoms with Gasteiger partial charge in [-0.15, -0.1) is 0 Å². The molecule has 4 N–H and O–H groups in total. The van der Waals surface area contributed by atoms with Crippen LogP contribution < -0.4 is 10.5 Å². The van der Waals surface area contributed by atoms with Crippen LogP contribution in [0.5, 0.6) is 11.5 Å². The Morgan fingerprint density at radius 3 is 2.42 bits per heavy atom. The molecule has 0 spiro atoms. The Morgan fingerprint density at radius 1 is 1.42 bits per heavy atom. The molecule has 1 aromatic rings. The van der Waals surface area contributed by atoms with Gasteiger partial charge < -0.3 is 20.7 Å². The van der Waals surface area contributed by atoms with E-state index in [-0.39, 0.29) is 17.6 Å². The molecule has 0 aliphatic heterocycles. The van der Waals surface area contributed by atoms with Gasteiger partial charge in [0.15, 0.2) is 0 Å². The molecule has 106 valence electrons. The maximum Gasteiger partial charge on any atom is 0.305 e. The summed E-state index contributed by atoms with van der Waals surface area (Å²) >= 11 is 0. The number of hydrogen-bond donors (Lipinski definition) is 3. The highest BCUT2D eigenvalue weighted by atomic mass is 16.5. The average molecular weight is 267 g/mol. The number of ether oxygens (including phenoxy) is 1. The van der Waals surface area contributed by atoms with Crippen LogP contribution in [0.2, 0.25) is 0 Å². The number of aromatic hydroxyl groups is 1. The van der Waals surface area contributed by atoms with Crippen LogP contribution in [-0.2, 0) is 10.2 Å². The van der Waals surface area contributed by atoms with Crippen molar-refractivity contribution in [1.29, 1.82) is 0 Å².